The summed E-state index contributed by atoms with van der Waals surface area (Å²) in [5.74, 6) is 0. The Morgan fingerprint density at radius 1 is 0.833 bits per heavy atom. The molecule has 3 nitrogen and oxygen atoms in total. The van der Waals surface area contributed by atoms with Gasteiger partial charge in [-0.3, -0.25) is 9.97 Å². The standard InChI is InChI=1S/C13H7I2N3/c14-9-1-2-10(15)13-12(9)17-7-11(18-13)8-3-5-16-6-4-8/h1-7H. The lowest BCUT2D eigenvalue weighted by molar-refractivity contribution is 1.26. The van der Waals surface area contributed by atoms with Gasteiger partial charge in [0.05, 0.1) is 11.9 Å². The monoisotopic (exact) mass is 459 g/mol. The Morgan fingerprint density at radius 2 is 1.50 bits per heavy atom. The molecule has 3 rings (SSSR count). The van der Waals surface area contributed by atoms with Crippen molar-refractivity contribution in [3.8, 4) is 11.3 Å². The van der Waals surface area contributed by atoms with E-state index in [1.807, 2.05) is 18.3 Å². The minimum absolute atomic E-state index is 0.879. The molecule has 18 heavy (non-hydrogen) atoms. The van der Waals surface area contributed by atoms with Gasteiger partial charge in [0.1, 0.15) is 11.0 Å². The number of pyridine rings is 1. The fourth-order valence-electron chi connectivity index (χ4n) is 1.70. The van der Waals surface area contributed by atoms with Crippen LogP contribution >= 0.6 is 45.2 Å². The van der Waals surface area contributed by atoms with E-state index >= 15 is 0 Å². The largest absolute Gasteiger partial charge is 0.265 e. The molecule has 2 heterocycles. The molecule has 0 amide bonds. The molecule has 0 radical (unpaired) electrons. The summed E-state index contributed by atoms with van der Waals surface area (Å²) in [6, 6.07) is 8.01. The van der Waals surface area contributed by atoms with Crippen molar-refractivity contribution in [3.05, 3.63) is 50.0 Å². The Balaban J connectivity index is 2.26. The van der Waals surface area contributed by atoms with Crippen molar-refractivity contribution in [1.82, 2.24) is 15.0 Å². The van der Waals surface area contributed by atoms with E-state index in [4.69, 9.17) is 4.98 Å². The zero-order chi connectivity index (χ0) is 12.5. The highest BCUT2D eigenvalue weighted by atomic mass is 127. The molecule has 5 heteroatoms. The third kappa shape index (κ3) is 2.20. The molecule has 0 saturated heterocycles. The van der Waals surface area contributed by atoms with E-state index in [9.17, 15) is 0 Å². The molecule has 0 unspecified atom stereocenters. The van der Waals surface area contributed by atoms with Gasteiger partial charge in [0, 0.05) is 25.1 Å². The number of benzene rings is 1. The van der Waals surface area contributed by atoms with Gasteiger partial charge in [-0.05, 0) is 69.4 Å². The van der Waals surface area contributed by atoms with Crippen molar-refractivity contribution < 1.29 is 0 Å². The van der Waals surface area contributed by atoms with Gasteiger partial charge in [0.25, 0.3) is 0 Å². The smallest absolute Gasteiger partial charge is 0.104 e. The molecule has 0 aliphatic rings. The van der Waals surface area contributed by atoms with Crippen LogP contribution in [0.25, 0.3) is 22.3 Å². The Bertz CT molecular complexity index is 714. The van der Waals surface area contributed by atoms with Gasteiger partial charge >= 0.3 is 0 Å². The second-order valence-corrected chi connectivity index (χ2v) is 6.04. The van der Waals surface area contributed by atoms with Crippen LogP contribution < -0.4 is 0 Å². The zero-order valence-corrected chi connectivity index (χ0v) is 13.5. The first-order chi connectivity index (χ1) is 8.75. The molecule has 0 N–H and O–H groups in total. The van der Waals surface area contributed by atoms with E-state index in [1.54, 1.807) is 12.4 Å². The number of hydrogen-bond donors (Lipinski definition) is 0. The zero-order valence-electron chi connectivity index (χ0n) is 9.14. The predicted octanol–water partition coefficient (Wildman–Crippen LogP) is 3.90. The van der Waals surface area contributed by atoms with Crippen LogP contribution in [0.2, 0.25) is 0 Å². The van der Waals surface area contributed by atoms with E-state index in [0.717, 1.165) is 29.4 Å². The highest BCUT2D eigenvalue weighted by molar-refractivity contribution is 14.1. The molecule has 0 aliphatic carbocycles. The lowest BCUT2D eigenvalue weighted by Gasteiger charge is -2.05. The molecule has 3 aromatic rings. The second-order valence-electron chi connectivity index (χ2n) is 3.72. The summed E-state index contributed by atoms with van der Waals surface area (Å²) in [5.41, 5.74) is 3.83. The number of rotatable bonds is 1. The third-order valence-corrected chi connectivity index (χ3v) is 4.32. The first kappa shape index (κ1) is 12.2. The molecular weight excluding hydrogens is 452 g/mol. The SMILES string of the molecule is Ic1ccc(I)c2nc(-c3ccncc3)cnc12. The number of halogens is 2. The number of nitrogens with zero attached hydrogens (tertiary/aromatic N) is 3. The maximum absolute atomic E-state index is 4.70. The topological polar surface area (TPSA) is 38.7 Å². The van der Waals surface area contributed by atoms with Crippen molar-refractivity contribution in [2.45, 2.75) is 0 Å². The molecular formula is C13H7I2N3. The van der Waals surface area contributed by atoms with Gasteiger partial charge in [0.15, 0.2) is 0 Å². The lowest BCUT2D eigenvalue weighted by Crippen LogP contribution is -1.93. The maximum Gasteiger partial charge on any atom is 0.104 e. The van der Waals surface area contributed by atoms with E-state index < -0.39 is 0 Å². The second kappa shape index (κ2) is 5.04. The molecule has 1 aromatic carbocycles. The molecule has 0 fully saturated rings. The van der Waals surface area contributed by atoms with E-state index in [-0.39, 0.29) is 0 Å². The average Bonchev–Trinajstić information content (AvgIpc) is 2.44. The third-order valence-electron chi connectivity index (χ3n) is 2.58. The molecule has 0 spiro atoms. The van der Waals surface area contributed by atoms with E-state index in [0.29, 0.717) is 0 Å². The summed E-state index contributed by atoms with van der Waals surface area (Å²) in [5, 5.41) is 0. The molecule has 0 atom stereocenters. The van der Waals surface area contributed by atoms with Crippen LogP contribution in [0.15, 0.2) is 42.9 Å². The normalized spacial score (nSPS) is 10.8. The van der Waals surface area contributed by atoms with Crippen molar-refractivity contribution in [2.75, 3.05) is 0 Å². The molecule has 0 aliphatic heterocycles. The Morgan fingerprint density at radius 3 is 2.22 bits per heavy atom. The van der Waals surface area contributed by atoms with E-state index in [1.165, 1.54) is 0 Å². The minimum Gasteiger partial charge on any atom is -0.265 e. The molecule has 88 valence electrons. The van der Waals surface area contributed by atoms with Gasteiger partial charge < -0.3 is 0 Å². The summed E-state index contributed by atoms with van der Waals surface area (Å²) >= 11 is 4.58. The fourth-order valence-corrected chi connectivity index (χ4v) is 2.83. The maximum atomic E-state index is 4.70. The van der Waals surface area contributed by atoms with Crippen LogP contribution in [0.3, 0.4) is 0 Å². The van der Waals surface area contributed by atoms with Crippen LogP contribution in [-0.4, -0.2) is 15.0 Å². The predicted molar refractivity (Wildman–Crippen MR) is 88.2 cm³/mol. The van der Waals surface area contributed by atoms with Crippen LogP contribution in [0.5, 0.6) is 0 Å². The van der Waals surface area contributed by atoms with Crippen LogP contribution in [0.4, 0.5) is 0 Å². The van der Waals surface area contributed by atoms with Crippen LogP contribution in [-0.2, 0) is 0 Å². The van der Waals surface area contributed by atoms with E-state index in [2.05, 4.69) is 67.3 Å². The molecule has 0 bridgehead atoms. The number of hydrogen-bond acceptors (Lipinski definition) is 3. The quantitative estimate of drug-likeness (QED) is 0.519. The summed E-state index contributed by atoms with van der Waals surface area (Å²) in [6.07, 6.45) is 5.35. The van der Waals surface area contributed by atoms with Gasteiger partial charge in [-0.25, -0.2) is 4.98 Å². The highest BCUT2D eigenvalue weighted by Crippen LogP contribution is 2.25. The lowest BCUT2D eigenvalue weighted by atomic mass is 10.2. The minimum atomic E-state index is 0.879. The first-order valence-electron chi connectivity index (χ1n) is 5.27. The Hall–Kier alpha value is -0.830. The van der Waals surface area contributed by atoms with Gasteiger partial charge in [-0.15, -0.1) is 0 Å². The summed E-state index contributed by atoms with van der Waals surface area (Å²) in [6.45, 7) is 0. The summed E-state index contributed by atoms with van der Waals surface area (Å²) < 4.78 is 2.24. The van der Waals surface area contributed by atoms with Gasteiger partial charge in [-0.1, -0.05) is 0 Å². The van der Waals surface area contributed by atoms with Crippen molar-refractivity contribution in [3.63, 3.8) is 0 Å². The first-order valence-corrected chi connectivity index (χ1v) is 7.42. The highest BCUT2D eigenvalue weighted by Gasteiger charge is 2.07. The van der Waals surface area contributed by atoms with Crippen molar-refractivity contribution in [1.29, 1.82) is 0 Å². The molecule has 2 aromatic heterocycles. The average molecular weight is 459 g/mol. The fraction of sp³-hybridized carbons (Fsp3) is 0. The Kier molecular flexibility index (Phi) is 3.42. The Labute approximate surface area is 131 Å². The summed E-state index contributed by atoms with van der Waals surface area (Å²) in [4.78, 5) is 13.2. The van der Waals surface area contributed by atoms with Gasteiger partial charge in [-0.2, -0.15) is 0 Å². The molecule has 0 saturated carbocycles. The van der Waals surface area contributed by atoms with Gasteiger partial charge in [0.2, 0.25) is 0 Å². The number of fused-ring (bicyclic) bond motifs is 1. The number of aromatic nitrogens is 3. The van der Waals surface area contributed by atoms with Crippen LogP contribution in [0, 0.1) is 7.14 Å². The summed E-state index contributed by atoms with van der Waals surface area (Å²) in [7, 11) is 0. The van der Waals surface area contributed by atoms with Crippen molar-refractivity contribution >= 4 is 56.2 Å². The van der Waals surface area contributed by atoms with Crippen LogP contribution in [0.1, 0.15) is 0 Å². The van der Waals surface area contributed by atoms with Crippen molar-refractivity contribution in [2.24, 2.45) is 0 Å².